The Bertz CT molecular complexity index is 1110. The molecule has 1 aliphatic rings. The zero-order chi connectivity index (χ0) is 28.9. The number of carbonyl (C=O) groups excluding carboxylic acids is 2. The summed E-state index contributed by atoms with van der Waals surface area (Å²) in [4.78, 5) is 23.2. The highest BCUT2D eigenvalue weighted by atomic mass is 32.2. The summed E-state index contributed by atoms with van der Waals surface area (Å²) in [6, 6.07) is 9.62. The van der Waals surface area contributed by atoms with E-state index in [0.717, 1.165) is 30.6 Å². The molecule has 40 heavy (non-hydrogen) atoms. The average Bonchev–Trinajstić information content (AvgIpc) is 3.48. The van der Waals surface area contributed by atoms with Gasteiger partial charge in [-0.05, 0) is 55.4 Å². The molecule has 2 aromatic rings. The Balaban J connectivity index is 1.61. The molecule has 0 heterocycles. The first-order valence-corrected chi connectivity index (χ1v) is 15.6. The maximum Gasteiger partial charge on any atom is 0.306 e. The Hall–Kier alpha value is -2.71. The van der Waals surface area contributed by atoms with E-state index in [2.05, 4.69) is 16.9 Å². The molecular weight excluding hydrogens is 528 g/mol. The van der Waals surface area contributed by atoms with Crippen molar-refractivity contribution in [2.75, 3.05) is 31.8 Å². The second-order valence-electron chi connectivity index (χ2n) is 10.4. The van der Waals surface area contributed by atoms with Crippen LogP contribution in [0.2, 0.25) is 0 Å². The lowest BCUT2D eigenvalue weighted by Crippen LogP contribution is -2.16. The lowest BCUT2D eigenvalue weighted by molar-refractivity contribution is -0.140. The monoisotopic (exact) mass is 572 g/mol. The van der Waals surface area contributed by atoms with Crippen molar-refractivity contribution < 1.29 is 34.0 Å². The van der Waals surface area contributed by atoms with Crippen LogP contribution in [0.3, 0.4) is 0 Å². The van der Waals surface area contributed by atoms with Crippen molar-refractivity contribution in [2.24, 2.45) is 0 Å². The van der Waals surface area contributed by atoms with E-state index in [1.54, 1.807) is 23.9 Å². The number of thioether (sulfide) groups is 1. The number of benzene rings is 2. The lowest BCUT2D eigenvalue weighted by Gasteiger charge is -2.21. The molecule has 0 aromatic heterocycles. The Labute approximate surface area is 242 Å². The van der Waals surface area contributed by atoms with Gasteiger partial charge < -0.3 is 24.4 Å². The minimum Gasteiger partial charge on any atom is -0.507 e. The molecule has 0 aliphatic heterocycles. The SMILES string of the molecule is CCCc1c(OCCCOc2c(CC(O)CSCCC(=O)OC)cccc2C2CCCC2)ccc(C(C)=O)c1O. The number of hydrogen-bond acceptors (Lipinski definition) is 8. The van der Waals surface area contributed by atoms with Crippen molar-refractivity contribution in [1.82, 2.24) is 0 Å². The number of carbonyl (C=O) groups is 2. The van der Waals surface area contributed by atoms with Gasteiger partial charge in [-0.25, -0.2) is 0 Å². The Morgan fingerprint density at radius 2 is 1.85 bits per heavy atom. The van der Waals surface area contributed by atoms with E-state index in [9.17, 15) is 19.8 Å². The van der Waals surface area contributed by atoms with Crippen molar-refractivity contribution in [3.63, 3.8) is 0 Å². The molecule has 1 unspecified atom stereocenters. The maximum atomic E-state index is 11.8. The molecular formula is C32H44O7S. The molecule has 3 rings (SSSR count). The van der Waals surface area contributed by atoms with Crippen LogP contribution in [-0.2, 0) is 22.4 Å². The Kier molecular flexibility index (Phi) is 13.1. The maximum absolute atomic E-state index is 11.8. The summed E-state index contributed by atoms with van der Waals surface area (Å²) in [5.41, 5.74) is 3.21. The van der Waals surface area contributed by atoms with Gasteiger partial charge in [-0.2, -0.15) is 11.8 Å². The number of rotatable bonds is 17. The molecule has 7 nitrogen and oxygen atoms in total. The second kappa shape index (κ2) is 16.5. The van der Waals surface area contributed by atoms with Gasteiger partial charge in [0.05, 0.1) is 38.4 Å². The van der Waals surface area contributed by atoms with E-state index in [1.807, 2.05) is 13.0 Å². The van der Waals surface area contributed by atoms with Crippen LogP contribution in [0.15, 0.2) is 30.3 Å². The van der Waals surface area contributed by atoms with E-state index in [4.69, 9.17) is 9.47 Å². The number of ether oxygens (including phenoxy) is 3. The molecule has 0 bridgehead atoms. The molecule has 2 N–H and O–H groups in total. The smallest absolute Gasteiger partial charge is 0.306 e. The minimum absolute atomic E-state index is 0.0141. The third-order valence-electron chi connectivity index (χ3n) is 7.28. The summed E-state index contributed by atoms with van der Waals surface area (Å²) >= 11 is 1.55. The van der Waals surface area contributed by atoms with Gasteiger partial charge in [0.15, 0.2) is 5.78 Å². The van der Waals surface area contributed by atoms with Crippen LogP contribution in [0.1, 0.15) is 91.8 Å². The highest BCUT2D eigenvalue weighted by Gasteiger charge is 2.23. The lowest BCUT2D eigenvalue weighted by atomic mass is 9.93. The summed E-state index contributed by atoms with van der Waals surface area (Å²) in [6.45, 7) is 4.34. The number of esters is 1. The van der Waals surface area contributed by atoms with Gasteiger partial charge in [0.2, 0.25) is 0 Å². The van der Waals surface area contributed by atoms with Crippen molar-refractivity contribution in [1.29, 1.82) is 0 Å². The van der Waals surface area contributed by atoms with E-state index < -0.39 is 6.10 Å². The van der Waals surface area contributed by atoms with Crippen molar-refractivity contribution in [3.8, 4) is 17.2 Å². The predicted molar refractivity (Wildman–Crippen MR) is 159 cm³/mol. The van der Waals surface area contributed by atoms with E-state index >= 15 is 0 Å². The van der Waals surface area contributed by atoms with Crippen LogP contribution < -0.4 is 9.47 Å². The van der Waals surface area contributed by atoms with Gasteiger partial charge in [-0.15, -0.1) is 0 Å². The summed E-state index contributed by atoms with van der Waals surface area (Å²) in [7, 11) is 1.38. The number of hydrogen-bond donors (Lipinski definition) is 2. The number of phenolic OH excluding ortho intramolecular Hbond substituents is 1. The van der Waals surface area contributed by atoms with Crippen molar-refractivity contribution >= 4 is 23.5 Å². The van der Waals surface area contributed by atoms with Crippen LogP contribution in [0.5, 0.6) is 17.2 Å². The predicted octanol–water partition coefficient (Wildman–Crippen LogP) is 6.25. The zero-order valence-electron chi connectivity index (χ0n) is 24.1. The number of aromatic hydroxyl groups is 1. The van der Waals surface area contributed by atoms with Gasteiger partial charge in [0, 0.05) is 29.9 Å². The quantitative estimate of drug-likeness (QED) is 0.130. The van der Waals surface area contributed by atoms with E-state index in [1.165, 1.54) is 32.4 Å². The Morgan fingerprint density at radius 1 is 1.10 bits per heavy atom. The highest BCUT2D eigenvalue weighted by molar-refractivity contribution is 7.99. The first-order chi connectivity index (χ1) is 19.3. The fraction of sp³-hybridized carbons (Fsp3) is 0.562. The van der Waals surface area contributed by atoms with E-state index in [-0.39, 0.29) is 17.5 Å². The van der Waals surface area contributed by atoms with Crippen LogP contribution in [-0.4, -0.2) is 59.9 Å². The topological polar surface area (TPSA) is 102 Å². The molecule has 0 spiro atoms. The van der Waals surface area contributed by atoms with Crippen molar-refractivity contribution in [3.05, 3.63) is 52.6 Å². The molecule has 1 aliphatic carbocycles. The minimum atomic E-state index is -0.546. The standard InChI is InChI=1S/C32H44O7S/c1-4-9-28-29(15-14-26(22(2)33)31(28)36)38-17-8-18-39-32-24(12-7-13-27(32)23-10-5-6-11-23)20-25(34)21-40-19-16-30(35)37-3/h7,12-15,23,25,34,36H,4-6,8-11,16-21H2,1-3H3. The van der Waals surface area contributed by atoms with Crippen LogP contribution in [0.4, 0.5) is 0 Å². The molecule has 220 valence electrons. The van der Waals surface area contributed by atoms with Crippen LogP contribution >= 0.6 is 11.8 Å². The molecule has 8 heteroatoms. The number of ketones is 1. The molecule has 0 saturated heterocycles. The Morgan fingerprint density at radius 3 is 2.55 bits per heavy atom. The van der Waals surface area contributed by atoms with Crippen molar-refractivity contribution in [2.45, 2.75) is 83.7 Å². The number of phenols is 1. The summed E-state index contributed by atoms with van der Waals surface area (Å²) in [5.74, 6) is 2.70. The molecule has 0 radical (unpaired) electrons. The van der Waals surface area contributed by atoms with Crippen LogP contribution in [0, 0.1) is 0 Å². The zero-order valence-corrected chi connectivity index (χ0v) is 24.9. The third kappa shape index (κ3) is 9.16. The second-order valence-corrected chi connectivity index (χ2v) is 11.5. The average molecular weight is 573 g/mol. The molecule has 2 aromatic carbocycles. The molecule has 0 amide bonds. The number of Topliss-reactive ketones (excluding diaryl/α,β-unsaturated/α-hetero) is 1. The van der Waals surface area contributed by atoms with Gasteiger partial charge in [-0.1, -0.05) is 44.4 Å². The van der Waals surface area contributed by atoms with E-state index in [0.29, 0.717) is 73.2 Å². The fourth-order valence-corrected chi connectivity index (χ4v) is 6.10. The number of para-hydroxylation sites is 1. The first-order valence-electron chi connectivity index (χ1n) is 14.4. The van der Waals surface area contributed by atoms with Crippen LogP contribution in [0.25, 0.3) is 0 Å². The summed E-state index contributed by atoms with van der Waals surface area (Å²) < 4.78 is 17.1. The highest BCUT2D eigenvalue weighted by Crippen LogP contribution is 2.41. The van der Waals surface area contributed by atoms with Gasteiger partial charge in [-0.3, -0.25) is 9.59 Å². The summed E-state index contributed by atoms with van der Waals surface area (Å²) in [5, 5.41) is 21.3. The number of methoxy groups -OCH3 is 1. The largest absolute Gasteiger partial charge is 0.507 e. The molecule has 1 fully saturated rings. The van der Waals surface area contributed by atoms with Gasteiger partial charge in [0.25, 0.3) is 0 Å². The summed E-state index contributed by atoms with van der Waals surface area (Å²) in [6.07, 6.45) is 7.10. The number of aliphatic hydroxyl groups excluding tert-OH is 1. The number of aliphatic hydroxyl groups is 1. The first kappa shape index (κ1) is 31.8. The fourth-order valence-electron chi connectivity index (χ4n) is 5.23. The normalized spacial score (nSPS) is 14.2. The molecule has 1 saturated carbocycles. The van der Waals surface area contributed by atoms with Gasteiger partial charge >= 0.3 is 5.97 Å². The van der Waals surface area contributed by atoms with Gasteiger partial charge in [0.1, 0.15) is 17.2 Å². The molecule has 1 atom stereocenters. The third-order valence-corrected chi connectivity index (χ3v) is 8.39.